The maximum Gasteiger partial charge on any atom is 0.250 e. The zero-order valence-corrected chi connectivity index (χ0v) is 11.2. The van der Waals surface area contributed by atoms with Gasteiger partial charge in [0.25, 0.3) is 5.95 Å². The van der Waals surface area contributed by atoms with Gasteiger partial charge in [-0.2, -0.15) is 5.10 Å². The number of hydrogen-bond acceptors (Lipinski definition) is 4. The molecule has 2 aromatic heterocycles. The Balaban J connectivity index is 2.00. The van der Waals surface area contributed by atoms with Crippen LogP contribution in [0.5, 0.6) is 0 Å². The molecule has 2 N–H and O–H groups in total. The molecule has 0 bridgehead atoms. The van der Waals surface area contributed by atoms with Crippen LogP contribution in [0.3, 0.4) is 0 Å². The Hall–Kier alpha value is -2.69. The van der Waals surface area contributed by atoms with E-state index in [2.05, 4.69) is 34.1 Å². The van der Waals surface area contributed by atoms with Crippen LogP contribution in [0.1, 0.15) is 12.5 Å². The average Bonchev–Trinajstić information content (AvgIpc) is 2.90. The van der Waals surface area contributed by atoms with Crippen LogP contribution in [0.2, 0.25) is 0 Å². The zero-order valence-electron chi connectivity index (χ0n) is 11.2. The lowest BCUT2D eigenvalue weighted by Crippen LogP contribution is -2.00. The van der Waals surface area contributed by atoms with Crippen molar-refractivity contribution in [1.29, 1.82) is 0 Å². The van der Waals surface area contributed by atoms with E-state index < -0.39 is 0 Å². The van der Waals surface area contributed by atoms with Gasteiger partial charge < -0.3 is 5.73 Å². The van der Waals surface area contributed by atoms with Crippen LogP contribution in [0.25, 0.3) is 17.2 Å². The fourth-order valence-corrected chi connectivity index (χ4v) is 2.02. The molecule has 100 valence electrons. The number of nitrogens with zero attached hydrogens (tertiary/aromatic N) is 4. The number of anilines is 1. The summed E-state index contributed by atoms with van der Waals surface area (Å²) in [6.07, 6.45) is 6.10. The van der Waals surface area contributed by atoms with E-state index in [1.54, 1.807) is 29.3 Å². The van der Waals surface area contributed by atoms with Gasteiger partial charge in [0, 0.05) is 18.0 Å². The fourth-order valence-electron chi connectivity index (χ4n) is 2.02. The molecule has 3 rings (SSSR count). The monoisotopic (exact) mass is 265 g/mol. The molecule has 20 heavy (non-hydrogen) atoms. The third-order valence-electron chi connectivity index (χ3n) is 3.14. The van der Waals surface area contributed by atoms with Crippen LogP contribution in [0.15, 0.2) is 48.9 Å². The summed E-state index contributed by atoms with van der Waals surface area (Å²) in [7, 11) is 0. The van der Waals surface area contributed by atoms with Gasteiger partial charge in [0.1, 0.15) is 5.69 Å². The third kappa shape index (κ3) is 2.25. The van der Waals surface area contributed by atoms with Gasteiger partial charge in [-0.15, -0.1) is 0 Å². The molecule has 0 radical (unpaired) electrons. The smallest absolute Gasteiger partial charge is 0.250 e. The minimum Gasteiger partial charge on any atom is -0.396 e. The summed E-state index contributed by atoms with van der Waals surface area (Å²) >= 11 is 0. The van der Waals surface area contributed by atoms with Gasteiger partial charge in [-0.25, -0.2) is 14.6 Å². The van der Waals surface area contributed by atoms with E-state index in [0.29, 0.717) is 11.6 Å². The van der Waals surface area contributed by atoms with E-state index in [-0.39, 0.29) is 0 Å². The first-order valence-corrected chi connectivity index (χ1v) is 6.50. The molecule has 0 amide bonds. The highest BCUT2D eigenvalue weighted by molar-refractivity contribution is 5.72. The standard InChI is InChI=1S/C15H15N5/c1-2-11-4-6-12(7-5-11)14-13(16)10-20(19-14)15-17-8-3-9-18-15/h3-10H,2,16H2,1H3. The summed E-state index contributed by atoms with van der Waals surface area (Å²) in [5, 5.41) is 4.47. The molecule has 0 saturated carbocycles. The predicted octanol–water partition coefficient (Wildman–Crippen LogP) is 2.47. The Morgan fingerprint density at radius 1 is 1.10 bits per heavy atom. The Labute approximate surface area is 117 Å². The molecule has 0 aliphatic carbocycles. The Morgan fingerprint density at radius 3 is 2.45 bits per heavy atom. The molecular weight excluding hydrogens is 250 g/mol. The Kier molecular flexibility index (Phi) is 3.16. The van der Waals surface area contributed by atoms with Gasteiger partial charge in [0.2, 0.25) is 0 Å². The zero-order chi connectivity index (χ0) is 13.9. The van der Waals surface area contributed by atoms with Gasteiger partial charge >= 0.3 is 0 Å². The quantitative estimate of drug-likeness (QED) is 0.789. The van der Waals surface area contributed by atoms with Gasteiger partial charge in [-0.1, -0.05) is 31.2 Å². The Morgan fingerprint density at radius 2 is 1.80 bits per heavy atom. The van der Waals surface area contributed by atoms with Crippen LogP contribution >= 0.6 is 0 Å². The SMILES string of the molecule is CCc1ccc(-c2nn(-c3ncccn3)cc2N)cc1. The first-order chi connectivity index (χ1) is 9.78. The van der Waals surface area contributed by atoms with Crippen molar-refractivity contribution < 1.29 is 0 Å². The molecule has 1 aromatic carbocycles. The van der Waals surface area contributed by atoms with Gasteiger partial charge in [0.05, 0.1) is 11.9 Å². The number of aryl methyl sites for hydroxylation is 1. The molecule has 0 fully saturated rings. The molecule has 0 unspecified atom stereocenters. The largest absolute Gasteiger partial charge is 0.396 e. The maximum absolute atomic E-state index is 6.04. The fraction of sp³-hybridized carbons (Fsp3) is 0.133. The van der Waals surface area contributed by atoms with Gasteiger partial charge in [0.15, 0.2) is 0 Å². The molecule has 0 spiro atoms. The first-order valence-electron chi connectivity index (χ1n) is 6.50. The normalized spacial score (nSPS) is 10.7. The van der Waals surface area contributed by atoms with Crippen LogP contribution in [0, 0.1) is 0 Å². The van der Waals surface area contributed by atoms with E-state index in [9.17, 15) is 0 Å². The second-order valence-corrected chi connectivity index (χ2v) is 4.48. The van der Waals surface area contributed by atoms with Crippen molar-refractivity contribution in [3.8, 4) is 17.2 Å². The van der Waals surface area contributed by atoms with Crippen molar-refractivity contribution in [2.24, 2.45) is 0 Å². The lowest BCUT2D eigenvalue weighted by molar-refractivity contribution is 0.811. The number of rotatable bonds is 3. The number of aromatic nitrogens is 4. The van der Waals surface area contributed by atoms with E-state index in [1.807, 2.05) is 12.1 Å². The van der Waals surface area contributed by atoms with Crippen LogP contribution in [-0.2, 0) is 6.42 Å². The molecule has 0 aliphatic rings. The van der Waals surface area contributed by atoms with Crippen molar-refractivity contribution in [3.63, 3.8) is 0 Å². The third-order valence-corrected chi connectivity index (χ3v) is 3.14. The van der Waals surface area contributed by atoms with Gasteiger partial charge in [-0.05, 0) is 18.1 Å². The highest BCUT2D eigenvalue weighted by Crippen LogP contribution is 2.25. The minimum absolute atomic E-state index is 0.510. The second kappa shape index (κ2) is 5.13. The minimum atomic E-state index is 0.510. The second-order valence-electron chi connectivity index (χ2n) is 4.48. The van der Waals surface area contributed by atoms with Crippen molar-refractivity contribution in [2.45, 2.75) is 13.3 Å². The van der Waals surface area contributed by atoms with Crippen molar-refractivity contribution in [1.82, 2.24) is 19.7 Å². The maximum atomic E-state index is 6.04. The predicted molar refractivity (Wildman–Crippen MR) is 78.4 cm³/mol. The van der Waals surface area contributed by atoms with Gasteiger partial charge in [-0.3, -0.25) is 0 Å². The first kappa shape index (κ1) is 12.3. The van der Waals surface area contributed by atoms with Crippen molar-refractivity contribution in [2.75, 3.05) is 5.73 Å². The summed E-state index contributed by atoms with van der Waals surface area (Å²) < 4.78 is 1.60. The van der Waals surface area contributed by atoms with Crippen molar-refractivity contribution in [3.05, 3.63) is 54.5 Å². The molecule has 3 aromatic rings. The molecule has 0 saturated heterocycles. The van der Waals surface area contributed by atoms with Crippen LogP contribution < -0.4 is 5.73 Å². The summed E-state index contributed by atoms with van der Waals surface area (Å²) in [4.78, 5) is 8.32. The number of nitrogens with two attached hydrogens (primary N) is 1. The summed E-state index contributed by atoms with van der Waals surface area (Å²) in [6, 6.07) is 10.0. The molecule has 5 nitrogen and oxygen atoms in total. The lowest BCUT2D eigenvalue weighted by Gasteiger charge is -2.00. The van der Waals surface area contributed by atoms with E-state index in [0.717, 1.165) is 17.7 Å². The van der Waals surface area contributed by atoms with E-state index in [4.69, 9.17) is 5.73 Å². The number of benzene rings is 1. The van der Waals surface area contributed by atoms with Crippen LogP contribution in [0.4, 0.5) is 5.69 Å². The lowest BCUT2D eigenvalue weighted by atomic mass is 10.1. The highest BCUT2D eigenvalue weighted by atomic mass is 15.3. The molecular formula is C15H15N5. The summed E-state index contributed by atoms with van der Waals surface area (Å²) in [6.45, 7) is 2.13. The average molecular weight is 265 g/mol. The van der Waals surface area contributed by atoms with E-state index >= 15 is 0 Å². The summed E-state index contributed by atoms with van der Waals surface area (Å²) in [5.74, 6) is 0.510. The Bertz CT molecular complexity index is 701. The van der Waals surface area contributed by atoms with Crippen molar-refractivity contribution >= 4 is 5.69 Å². The highest BCUT2D eigenvalue weighted by Gasteiger charge is 2.10. The topological polar surface area (TPSA) is 69.6 Å². The molecule has 0 atom stereocenters. The summed E-state index contributed by atoms with van der Waals surface area (Å²) in [5.41, 5.74) is 9.69. The van der Waals surface area contributed by atoms with Crippen LogP contribution in [-0.4, -0.2) is 19.7 Å². The molecule has 2 heterocycles. The molecule has 0 aliphatic heterocycles. The number of nitrogen functional groups attached to an aromatic ring is 1. The molecule has 5 heteroatoms. The number of hydrogen-bond donors (Lipinski definition) is 1. The van der Waals surface area contributed by atoms with E-state index in [1.165, 1.54) is 5.56 Å².